The van der Waals surface area contributed by atoms with E-state index in [9.17, 15) is 12.8 Å². The van der Waals surface area contributed by atoms with Crippen LogP contribution in [0.1, 0.15) is 0 Å². The molecule has 0 aromatic heterocycles. The molecule has 0 spiro atoms. The summed E-state index contributed by atoms with van der Waals surface area (Å²) < 4.78 is 44.3. The third-order valence-electron chi connectivity index (χ3n) is 2.82. The predicted octanol–water partition coefficient (Wildman–Crippen LogP) is 0.428. The summed E-state index contributed by atoms with van der Waals surface area (Å²) in [5, 5.41) is 3.07. The van der Waals surface area contributed by atoms with E-state index in [4.69, 9.17) is 4.74 Å². The quantitative estimate of drug-likeness (QED) is 0.868. The average molecular weight is 274 g/mol. The van der Waals surface area contributed by atoms with E-state index in [0.717, 1.165) is 6.07 Å². The van der Waals surface area contributed by atoms with E-state index in [-0.39, 0.29) is 10.6 Å². The van der Waals surface area contributed by atoms with Gasteiger partial charge in [0, 0.05) is 26.2 Å². The Bertz CT molecular complexity index is 527. The fourth-order valence-electron chi connectivity index (χ4n) is 1.88. The Kier molecular flexibility index (Phi) is 3.84. The minimum atomic E-state index is -3.70. The molecule has 0 atom stereocenters. The molecule has 1 heterocycles. The van der Waals surface area contributed by atoms with Gasteiger partial charge in [0.25, 0.3) is 0 Å². The molecule has 1 aliphatic rings. The van der Waals surface area contributed by atoms with E-state index in [1.165, 1.54) is 23.5 Å². The summed E-state index contributed by atoms with van der Waals surface area (Å²) in [6.45, 7) is 1.94. The van der Waals surface area contributed by atoms with E-state index in [1.54, 1.807) is 0 Å². The van der Waals surface area contributed by atoms with Gasteiger partial charge >= 0.3 is 0 Å². The Labute approximate surface area is 106 Å². The second-order valence-electron chi connectivity index (χ2n) is 3.95. The summed E-state index contributed by atoms with van der Waals surface area (Å²) in [6, 6.07) is 3.50. The van der Waals surface area contributed by atoms with Gasteiger partial charge in [-0.2, -0.15) is 4.31 Å². The highest BCUT2D eigenvalue weighted by Crippen LogP contribution is 2.27. The highest BCUT2D eigenvalue weighted by Gasteiger charge is 2.29. The SMILES string of the molecule is COc1ccc(F)cc1S(=O)(=O)N1CCNCC1. The van der Waals surface area contributed by atoms with Gasteiger partial charge in [-0.05, 0) is 18.2 Å². The summed E-state index contributed by atoms with van der Waals surface area (Å²) in [6.07, 6.45) is 0. The van der Waals surface area contributed by atoms with Gasteiger partial charge in [-0.15, -0.1) is 0 Å². The summed E-state index contributed by atoms with van der Waals surface area (Å²) >= 11 is 0. The van der Waals surface area contributed by atoms with Crippen molar-refractivity contribution in [3.8, 4) is 5.75 Å². The highest BCUT2D eigenvalue weighted by atomic mass is 32.2. The lowest BCUT2D eigenvalue weighted by Gasteiger charge is -2.27. The van der Waals surface area contributed by atoms with Crippen LogP contribution in [0.25, 0.3) is 0 Å². The number of methoxy groups -OCH3 is 1. The number of nitrogens with one attached hydrogen (secondary N) is 1. The Hall–Kier alpha value is -1.18. The smallest absolute Gasteiger partial charge is 0.246 e. The third-order valence-corrected chi connectivity index (χ3v) is 4.74. The number of benzene rings is 1. The Morgan fingerprint density at radius 1 is 1.33 bits per heavy atom. The molecule has 0 bridgehead atoms. The highest BCUT2D eigenvalue weighted by molar-refractivity contribution is 7.89. The maximum atomic E-state index is 13.2. The zero-order chi connectivity index (χ0) is 13.2. The molecule has 0 aliphatic carbocycles. The maximum Gasteiger partial charge on any atom is 0.246 e. The first-order valence-electron chi connectivity index (χ1n) is 5.60. The molecule has 1 aliphatic heterocycles. The minimum Gasteiger partial charge on any atom is -0.495 e. The normalized spacial score (nSPS) is 17.7. The number of piperazine rings is 1. The molecular weight excluding hydrogens is 259 g/mol. The summed E-state index contributed by atoms with van der Waals surface area (Å²) in [7, 11) is -2.33. The summed E-state index contributed by atoms with van der Waals surface area (Å²) in [5.74, 6) is -0.431. The van der Waals surface area contributed by atoms with Crippen LogP contribution in [0.5, 0.6) is 5.75 Å². The monoisotopic (exact) mass is 274 g/mol. The van der Waals surface area contributed by atoms with Gasteiger partial charge in [-0.3, -0.25) is 0 Å². The van der Waals surface area contributed by atoms with Crippen LogP contribution in [0.3, 0.4) is 0 Å². The molecule has 1 fully saturated rings. The lowest BCUT2D eigenvalue weighted by molar-refractivity contribution is 0.354. The third kappa shape index (κ3) is 2.47. The largest absolute Gasteiger partial charge is 0.495 e. The van der Waals surface area contributed by atoms with Crippen LogP contribution in [0.15, 0.2) is 23.1 Å². The fraction of sp³-hybridized carbons (Fsp3) is 0.455. The average Bonchev–Trinajstić information content (AvgIpc) is 2.39. The van der Waals surface area contributed by atoms with E-state index in [0.29, 0.717) is 26.2 Å². The van der Waals surface area contributed by atoms with Crippen LogP contribution >= 0.6 is 0 Å². The number of sulfonamides is 1. The van der Waals surface area contributed by atoms with Crippen molar-refractivity contribution in [3.63, 3.8) is 0 Å². The van der Waals surface area contributed by atoms with Crippen LogP contribution in [-0.4, -0.2) is 46.0 Å². The molecule has 1 saturated heterocycles. The molecular formula is C11H15FN2O3S. The van der Waals surface area contributed by atoms with Crippen LogP contribution in [0.4, 0.5) is 4.39 Å². The standard InChI is InChI=1S/C11H15FN2O3S/c1-17-10-3-2-9(12)8-11(10)18(15,16)14-6-4-13-5-7-14/h2-3,8,13H,4-7H2,1H3. The van der Waals surface area contributed by atoms with Crippen molar-refractivity contribution < 1.29 is 17.5 Å². The number of rotatable bonds is 3. The molecule has 0 amide bonds. The maximum absolute atomic E-state index is 13.2. The molecule has 0 unspecified atom stereocenters. The topological polar surface area (TPSA) is 58.6 Å². The van der Waals surface area contributed by atoms with Gasteiger partial charge in [0.05, 0.1) is 7.11 Å². The van der Waals surface area contributed by atoms with Crippen molar-refractivity contribution in [1.82, 2.24) is 9.62 Å². The molecule has 0 saturated carbocycles. The van der Waals surface area contributed by atoms with Crippen LogP contribution < -0.4 is 10.1 Å². The van der Waals surface area contributed by atoms with Crippen molar-refractivity contribution >= 4 is 10.0 Å². The van der Waals surface area contributed by atoms with Crippen molar-refractivity contribution in [1.29, 1.82) is 0 Å². The lowest BCUT2D eigenvalue weighted by Crippen LogP contribution is -2.46. The van der Waals surface area contributed by atoms with Gasteiger partial charge in [-0.1, -0.05) is 0 Å². The summed E-state index contributed by atoms with van der Waals surface area (Å²) in [4.78, 5) is -0.119. The first kappa shape index (κ1) is 13.3. The first-order valence-corrected chi connectivity index (χ1v) is 7.04. The van der Waals surface area contributed by atoms with E-state index in [2.05, 4.69) is 5.32 Å². The van der Waals surface area contributed by atoms with Crippen LogP contribution in [-0.2, 0) is 10.0 Å². The summed E-state index contributed by atoms with van der Waals surface area (Å²) in [5.41, 5.74) is 0. The Morgan fingerprint density at radius 2 is 2.00 bits per heavy atom. The number of hydrogen-bond donors (Lipinski definition) is 1. The molecule has 1 aromatic rings. The predicted molar refractivity (Wildman–Crippen MR) is 64.6 cm³/mol. The van der Waals surface area contributed by atoms with Gasteiger partial charge < -0.3 is 10.1 Å². The fourth-order valence-corrected chi connectivity index (χ4v) is 3.48. The molecule has 0 radical (unpaired) electrons. The Balaban J connectivity index is 2.42. The van der Waals surface area contributed by atoms with Crippen LogP contribution in [0, 0.1) is 5.82 Å². The van der Waals surface area contributed by atoms with Gasteiger partial charge in [-0.25, -0.2) is 12.8 Å². The molecule has 18 heavy (non-hydrogen) atoms. The zero-order valence-electron chi connectivity index (χ0n) is 10.0. The molecule has 1 N–H and O–H groups in total. The van der Waals surface area contributed by atoms with E-state index < -0.39 is 15.8 Å². The number of hydrogen-bond acceptors (Lipinski definition) is 4. The second-order valence-corrected chi connectivity index (χ2v) is 5.86. The zero-order valence-corrected chi connectivity index (χ0v) is 10.8. The lowest BCUT2D eigenvalue weighted by atomic mass is 10.3. The van der Waals surface area contributed by atoms with Crippen molar-refractivity contribution in [3.05, 3.63) is 24.0 Å². The number of nitrogens with zero attached hydrogens (tertiary/aromatic N) is 1. The molecule has 5 nitrogen and oxygen atoms in total. The second kappa shape index (κ2) is 5.21. The van der Waals surface area contributed by atoms with Crippen molar-refractivity contribution in [2.75, 3.05) is 33.3 Å². The number of ether oxygens (including phenoxy) is 1. The van der Waals surface area contributed by atoms with Crippen LogP contribution in [0.2, 0.25) is 0 Å². The van der Waals surface area contributed by atoms with E-state index >= 15 is 0 Å². The first-order chi connectivity index (χ1) is 8.55. The molecule has 100 valence electrons. The Morgan fingerprint density at radius 3 is 2.61 bits per heavy atom. The van der Waals surface area contributed by atoms with E-state index in [1.807, 2.05) is 0 Å². The van der Waals surface area contributed by atoms with Crippen molar-refractivity contribution in [2.24, 2.45) is 0 Å². The minimum absolute atomic E-state index is 0.119. The molecule has 2 rings (SSSR count). The molecule has 1 aromatic carbocycles. The van der Waals surface area contributed by atoms with Gasteiger partial charge in [0.15, 0.2) is 0 Å². The number of halogens is 1. The van der Waals surface area contributed by atoms with Gasteiger partial charge in [0.1, 0.15) is 16.5 Å². The van der Waals surface area contributed by atoms with Gasteiger partial charge in [0.2, 0.25) is 10.0 Å². The van der Waals surface area contributed by atoms with Crippen molar-refractivity contribution in [2.45, 2.75) is 4.90 Å². The molecule has 7 heteroatoms.